The number of nitrogens with one attached hydrogen (secondary N) is 2. The van der Waals surface area contributed by atoms with E-state index in [1.165, 1.54) is 0 Å². The Balaban J connectivity index is 2.81. The smallest absolute Gasteiger partial charge is 0.326 e. The molecule has 116 valence electrons. The van der Waals surface area contributed by atoms with E-state index in [9.17, 15) is 14.7 Å². The third-order valence-corrected chi connectivity index (χ3v) is 4.45. The Hall–Kier alpha value is -1.10. The lowest BCUT2D eigenvalue weighted by atomic mass is 9.76. The van der Waals surface area contributed by atoms with Gasteiger partial charge in [0.05, 0.1) is 5.41 Å². The van der Waals surface area contributed by atoms with Gasteiger partial charge in [0.1, 0.15) is 6.04 Å². The summed E-state index contributed by atoms with van der Waals surface area (Å²) >= 11 is 0. The van der Waals surface area contributed by atoms with Crippen LogP contribution in [-0.2, 0) is 9.59 Å². The van der Waals surface area contributed by atoms with E-state index in [0.717, 1.165) is 38.6 Å². The largest absolute Gasteiger partial charge is 0.480 e. The standard InChI is InChI=1S/C15H28N2O3/c1-4-7-15(8-6-9-16-10-15)14(20)17-12(13(18)19)11(3)5-2/h11-12,16H,4-10H2,1-3H3,(H,17,20)(H,18,19)/t11-,12-,15?/m0/s1. The quantitative estimate of drug-likeness (QED) is 0.666. The normalized spacial score (nSPS) is 25.8. The van der Waals surface area contributed by atoms with Crippen molar-refractivity contribution in [3.63, 3.8) is 0 Å². The average Bonchev–Trinajstić information content (AvgIpc) is 2.44. The first-order chi connectivity index (χ1) is 9.46. The predicted octanol–water partition coefficient (Wildman–Crippen LogP) is 1.77. The van der Waals surface area contributed by atoms with Crippen molar-refractivity contribution in [2.45, 2.75) is 58.9 Å². The van der Waals surface area contributed by atoms with Crippen molar-refractivity contribution < 1.29 is 14.7 Å². The molecule has 0 aromatic heterocycles. The Kier molecular flexibility index (Phi) is 6.46. The molecule has 1 amide bonds. The van der Waals surface area contributed by atoms with Crippen molar-refractivity contribution in [1.29, 1.82) is 0 Å². The number of carbonyl (C=O) groups is 2. The molecular weight excluding hydrogens is 256 g/mol. The van der Waals surface area contributed by atoms with Gasteiger partial charge in [-0.2, -0.15) is 0 Å². The highest BCUT2D eigenvalue weighted by Crippen LogP contribution is 2.32. The molecule has 1 saturated heterocycles. The lowest BCUT2D eigenvalue weighted by molar-refractivity contribution is -0.146. The summed E-state index contributed by atoms with van der Waals surface area (Å²) in [5, 5.41) is 15.4. The van der Waals surface area contributed by atoms with Crippen LogP contribution in [-0.4, -0.2) is 36.1 Å². The maximum atomic E-state index is 12.6. The van der Waals surface area contributed by atoms with Crippen LogP contribution in [0, 0.1) is 11.3 Å². The van der Waals surface area contributed by atoms with E-state index < -0.39 is 17.4 Å². The number of carboxylic acids is 1. The summed E-state index contributed by atoms with van der Waals surface area (Å²) in [4.78, 5) is 24.0. The van der Waals surface area contributed by atoms with E-state index in [-0.39, 0.29) is 11.8 Å². The molecule has 1 fully saturated rings. The minimum Gasteiger partial charge on any atom is -0.480 e. The minimum absolute atomic E-state index is 0.0633. The highest BCUT2D eigenvalue weighted by molar-refractivity contribution is 5.87. The highest BCUT2D eigenvalue weighted by atomic mass is 16.4. The van der Waals surface area contributed by atoms with Crippen LogP contribution >= 0.6 is 0 Å². The van der Waals surface area contributed by atoms with Crippen LogP contribution in [0.25, 0.3) is 0 Å². The van der Waals surface area contributed by atoms with Gasteiger partial charge in [0.2, 0.25) is 5.91 Å². The summed E-state index contributed by atoms with van der Waals surface area (Å²) in [6.45, 7) is 7.46. The maximum Gasteiger partial charge on any atom is 0.326 e. The van der Waals surface area contributed by atoms with Gasteiger partial charge >= 0.3 is 5.97 Å². The van der Waals surface area contributed by atoms with Crippen LogP contribution in [0.15, 0.2) is 0 Å². The van der Waals surface area contributed by atoms with E-state index in [0.29, 0.717) is 6.54 Å². The van der Waals surface area contributed by atoms with Crippen LogP contribution in [0.1, 0.15) is 52.9 Å². The molecule has 1 unspecified atom stereocenters. The lowest BCUT2D eigenvalue weighted by Gasteiger charge is -2.37. The summed E-state index contributed by atoms with van der Waals surface area (Å²) in [6, 6.07) is -0.789. The van der Waals surface area contributed by atoms with Crippen LogP contribution in [0.4, 0.5) is 0 Å². The minimum atomic E-state index is -0.942. The number of amides is 1. The molecule has 3 N–H and O–H groups in total. The predicted molar refractivity (Wildman–Crippen MR) is 78.5 cm³/mol. The number of hydrogen-bond acceptors (Lipinski definition) is 3. The summed E-state index contributed by atoms with van der Waals surface area (Å²) < 4.78 is 0. The van der Waals surface area contributed by atoms with Gasteiger partial charge in [-0.1, -0.05) is 33.6 Å². The molecule has 0 aromatic carbocycles. The summed E-state index contributed by atoms with van der Waals surface area (Å²) in [7, 11) is 0. The van der Waals surface area contributed by atoms with E-state index in [1.54, 1.807) is 0 Å². The molecule has 0 aliphatic carbocycles. The molecule has 1 heterocycles. The summed E-state index contributed by atoms with van der Waals surface area (Å²) in [5.41, 5.74) is -0.436. The van der Waals surface area contributed by atoms with Gasteiger partial charge in [-0.15, -0.1) is 0 Å². The first kappa shape index (κ1) is 17.0. The SMILES string of the molecule is CCCC1(C(=O)N[C@H](C(=O)O)[C@@H](C)CC)CCCNC1. The van der Waals surface area contributed by atoms with Crippen molar-refractivity contribution in [3.8, 4) is 0 Å². The molecule has 5 heteroatoms. The van der Waals surface area contributed by atoms with Gasteiger partial charge in [-0.05, 0) is 31.7 Å². The fourth-order valence-corrected chi connectivity index (χ4v) is 2.94. The van der Waals surface area contributed by atoms with E-state index in [1.807, 2.05) is 13.8 Å². The Morgan fingerprint density at radius 1 is 1.40 bits per heavy atom. The van der Waals surface area contributed by atoms with Crippen molar-refractivity contribution in [2.75, 3.05) is 13.1 Å². The van der Waals surface area contributed by atoms with Crippen LogP contribution in [0.5, 0.6) is 0 Å². The molecule has 1 aliphatic heterocycles. The number of rotatable bonds is 7. The molecule has 1 aliphatic rings. The van der Waals surface area contributed by atoms with E-state index >= 15 is 0 Å². The van der Waals surface area contributed by atoms with Gasteiger partial charge in [0, 0.05) is 6.54 Å². The topological polar surface area (TPSA) is 78.4 Å². The molecule has 0 bridgehead atoms. The first-order valence-electron chi connectivity index (χ1n) is 7.71. The second-order valence-electron chi connectivity index (χ2n) is 5.99. The third kappa shape index (κ3) is 3.95. The molecule has 20 heavy (non-hydrogen) atoms. The molecule has 3 atom stereocenters. The first-order valence-corrected chi connectivity index (χ1v) is 7.71. The number of carboxylic acid groups (broad SMARTS) is 1. The third-order valence-electron chi connectivity index (χ3n) is 4.45. The zero-order chi connectivity index (χ0) is 15.2. The number of aliphatic carboxylic acids is 1. The monoisotopic (exact) mass is 284 g/mol. The van der Waals surface area contributed by atoms with Crippen molar-refractivity contribution >= 4 is 11.9 Å². The van der Waals surface area contributed by atoms with Crippen molar-refractivity contribution in [2.24, 2.45) is 11.3 Å². The van der Waals surface area contributed by atoms with Gasteiger partial charge in [-0.3, -0.25) is 4.79 Å². The maximum absolute atomic E-state index is 12.6. The Bertz CT molecular complexity index is 333. The molecule has 0 radical (unpaired) electrons. The molecule has 0 spiro atoms. The fourth-order valence-electron chi connectivity index (χ4n) is 2.94. The second-order valence-corrected chi connectivity index (χ2v) is 5.99. The van der Waals surface area contributed by atoms with Crippen LogP contribution < -0.4 is 10.6 Å². The average molecular weight is 284 g/mol. The number of piperidine rings is 1. The summed E-state index contributed by atoms with van der Waals surface area (Å²) in [5.74, 6) is -1.10. The van der Waals surface area contributed by atoms with Crippen molar-refractivity contribution in [3.05, 3.63) is 0 Å². The molecule has 1 rings (SSSR count). The van der Waals surface area contributed by atoms with Crippen molar-refractivity contribution in [1.82, 2.24) is 10.6 Å². The Morgan fingerprint density at radius 3 is 2.55 bits per heavy atom. The number of hydrogen-bond donors (Lipinski definition) is 3. The summed E-state index contributed by atoms with van der Waals surface area (Å²) in [6.07, 6.45) is 4.27. The molecule has 0 aromatic rings. The van der Waals surface area contributed by atoms with E-state index in [4.69, 9.17) is 0 Å². The highest BCUT2D eigenvalue weighted by Gasteiger charge is 2.40. The van der Waals surface area contributed by atoms with Gasteiger partial charge in [0.25, 0.3) is 0 Å². The lowest BCUT2D eigenvalue weighted by Crippen LogP contribution is -2.55. The van der Waals surface area contributed by atoms with Crippen LogP contribution in [0.2, 0.25) is 0 Å². The molecular formula is C15H28N2O3. The molecule has 0 saturated carbocycles. The van der Waals surface area contributed by atoms with Gasteiger partial charge < -0.3 is 15.7 Å². The van der Waals surface area contributed by atoms with Crippen LogP contribution in [0.3, 0.4) is 0 Å². The fraction of sp³-hybridized carbons (Fsp3) is 0.867. The van der Waals surface area contributed by atoms with Gasteiger partial charge in [-0.25, -0.2) is 4.79 Å². The zero-order valence-electron chi connectivity index (χ0n) is 12.9. The zero-order valence-corrected chi connectivity index (χ0v) is 12.9. The van der Waals surface area contributed by atoms with Gasteiger partial charge in [0.15, 0.2) is 0 Å². The van der Waals surface area contributed by atoms with E-state index in [2.05, 4.69) is 17.6 Å². The molecule has 5 nitrogen and oxygen atoms in total. The Morgan fingerprint density at radius 2 is 2.10 bits per heavy atom. The Labute approximate surface area is 121 Å². The second kappa shape index (κ2) is 7.62. The number of carbonyl (C=O) groups excluding carboxylic acids is 1.